The Kier molecular flexibility index (Phi) is 3.73. The van der Waals surface area contributed by atoms with E-state index < -0.39 is 0 Å². The predicted octanol–water partition coefficient (Wildman–Crippen LogP) is 3.49. The third-order valence-electron chi connectivity index (χ3n) is 3.56. The average molecular weight is 279 g/mol. The first kappa shape index (κ1) is 13.4. The molecule has 0 bridgehead atoms. The summed E-state index contributed by atoms with van der Waals surface area (Å²) in [6, 6.07) is 13.2. The summed E-state index contributed by atoms with van der Waals surface area (Å²) in [4.78, 5) is 12.4. The zero-order valence-electron chi connectivity index (χ0n) is 11.7. The van der Waals surface area contributed by atoms with Crippen LogP contribution in [-0.4, -0.2) is 12.4 Å². The minimum Gasteiger partial charge on any atom is -0.493 e. The number of hydrogen-bond acceptors (Lipinski definition) is 3. The van der Waals surface area contributed by atoms with Gasteiger partial charge < -0.3 is 10.5 Å². The smallest absolute Gasteiger partial charge is 0.189 e. The van der Waals surface area contributed by atoms with Gasteiger partial charge in [0.1, 0.15) is 5.75 Å². The van der Waals surface area contributed by atoms with Crippen LogP contribution >= 0.6 is 0 Å². The van der Waals surface area contributed by atoms with Gasteiger partial charge >= 0.3 is 0 Å². The number of rotatable bonds is 3. The molecule has 3 rings (SSSR count). The lowest BCUT2D eigenvalue weighted by Crippen LogP contribution is -2.12. The van der Waals surface area contributed by atoms with Gasteiger partial charge in [0.2, 0.25) is 0 Å². The van der Waals surface area contributed by atoms with Crippen LogP contribution in [0.25, 0.3) is 6.08 Å². The molecule has 1 aliphatic rings. The van der Waals surface area contributed by atoms with Gasteiger partial charge in [0.05, 0.1) is 12.2 Å². The van der Waals surface area contributed by atoms with Gasteiger partial charge in [0.25, 0.3) is 0 Å². The normalized spacial score (nSPS) is 13.7. The number of aryl methyl sites for hydroxylation is 1. The molecular formula is C18H17NO2. The first-order valence-corrected chi connectivity index (χ1v) is 7.07. The second kappa shape index (κ2) is 5.83. The van der Waals surface area contributed by atoms with Gasteiger partial charge in [-0.05, 0) is 48.2 Å². The number of ether oxygens (including phenoxy) is 1. The Bertz CT molecular complexity index is 687. The van der Waals surface area contributed by atoms with Gasteiger partial charge in [-0.25, -0.2) is 0 Å². The van der Waals surface area contributed by atoms with Crippen molar-refractivity contribution in [3.63, 3.8) is 0 Å². The number of anilines is 1. The first-order chi connectivity index (χ1) is 10.2. The lowest BCUT2D eigenvalue weighted by molar-refractivity contribution is 0.104. The van der Waals surface area contributed by atoms with Crippen LogP contribution in [-0.2, 0) is 6.42 Å². The monoisotopic (exact) mass is 279 g/mol. The molecule has 0 atom stereocenters. The Balaban J connectivity index is 1.84. The lowest BCUT2D eigenvalue weighted by atomic mass is 9.99. The van der Waals surface area contributed by atoms with E-state index in [1.807, 2.05) is 42.5 Å². The Morgan fingerprint density at radius 2 is 1.95 bits per heavy atom. The molecule has 0 spiro atoms. The number of allylic oxidation sites excluding steroid dienone is 1. The second-order valence-corrected chi connectivity index (χ2v) is 5.11. The molecule has 0 saturated carbocycles. The highest BCUT2D eigenvalue weighted by molar-refractivity contribution is 6.08. The van der Waals surface area contributed by atoms with Gasteiger partial charge in [0, 0.05) is 5.69 Å². The van der Waals surface area contributed by atoms with Crippen molar-refractivity contribution >= 4 is 17.5 Å². The van der Waals surface area contributed by atoms with Crippen molar-refractivity contribution in [3.8, 4) is 5.75 Å². The van der Waals surface area contributed by atoms with E-state index in [9.17, 15) is 4.79 Å². The second-order valence-electron chi connectivity index (χ2n) is 5.11. The molecule has 3 nitrogen and oxygen atoms in total. The number of carbonyl (C=O) groups excluding carboxylic acids is 1. The Hall–Kier alpha value is -2.55. The van der Waals surface area contributed by atoms with Gasteiger partial charge in [-0.1, -0.05) is 30.3 Å². The highest BCUT2D eigenvalue weighted by atomic mass is 16.5. The molecule has 0 amide bonds. The van der Waals surface area contributed by atoms with E-state index >= 15 is 0 Å². The molecule has 2 N–H and O–H groups in total. The van der Waals surface area contributed by atoms with E-state index in [0.717, 1.165) is 29.7 Å². The van der Waals surface area contributed by atoms with Crippen LogP contribution in [0.3, 0.4) is 0 Å². The third kappa shape index (κ3) is 2.97. The van der Waals surface area contributed by atoms with Crippen molar-refractivity contribution in [2.45, 2.75) is 12.8 Å². The number of benzene rings is 2. The Labute approximate surface area is 124 Å². The molecule has 0 unspecified atom stereocenters. The summed E-state index contributed by atoms with van der Waals surface area (Å²) in [5, 5.41) is 0. The van der Waals surface area contributed by atoms with Crippen molar-refractivity contribution in [1.82, 2.24) is 0 Å². The minimum absolute atomic E-state index is 0.0365. The summed E-state index contributed by atoms with van der Waals surface area (Å²) in [5.74, 6) is 0.710. The predicted molar refractivity (Wildman–Crippen MR) is 84.5 cm³/mol. The van der Waals surface area contributed by atoms with E-state index in [-0.39, 0.29) is 5.78 Å². The topological polar surface area (TPSA) is 52.3 Å². The molecule has 2 aromatic carbocycles. The fraction of sp³-hybridized carbons (Fsp3) is 0.167. The molecule has 106 valence electrons. The van der Waals surface area contributed by atoms with Gasteiger partial charge in [-0.15, -0.1) is 0 Å². The summed E-state index contributed by atoms with van der Waals surface area (Å²) >= 11 is 0. The van der Waals surface area contributed by atoms with Gasteiger partial charge in [-0.2, -0.15) is 0 Å². The number of para-hydroxylation sites is 1. The lowest BCUT2D eigenvalue weighted by Gasteiger charge is -2.19. The van der Waals surface area contributed by atoms with Crippen LogP contribution < -0.4 is 10.5 Å². The van der Waals surface area contributed by atoms with Crippen molar-refractivity contribution in [1.29, 1.82) is 0 Å². The van der Waals surface area contributed by atoms with Crippen molar-refractivity contribution in [2.75, 3.05) is 12.3 Å². The van der Waals surface area contributed by atoms with E-state index in [1.54, 1.807) is 12.2 Å². The molecule has 0 saturated heterocycles. The summed E-state index contributed by atoms with van der Waals surface area (Å²) in [5.41, 5.74) is 9.06. The summed E-state index contributed by atoms with van der Waals surface area (Å²) in [6.45, 7) is 0.680. The maximum Gasteiger partial charge on any atom is 0.189 e. The number of nitrogens with two attached hydrogens (primary N) is 1. The highest BCUT2D eigenvalue weighted by Gasteiger charge is 2.17. The molecule has 1 aliphatic heterocycles. The standard InChI is InChI=1S/C18H17NO2/c19-15-9-6-13(7-10-15)8-11-17(20)16-5-1-3-14-4-2-12-21-18(14)16/h1,3,5-11H,2,4,12,19H2/b11-8+. The number of nitrogen functional groups attached to an aromatic ring is 1. The molecular weight excluding hydrogens is 262 g/mol. The van der Waals surface area contributed by atoms with Crippen LogP contribution in [0.15, 0.2) is 48.5 Å². The van der Waals surface area contributed by atoms with Gasteiger partial charge in [-0.3, -0.25) is 4.79 Å². The number of ketones is 1. The van der Waals surface area contributed by atoms with E-state index in [0.29, 0.717) is 17.9 Å². The zero-order valence-corrected chi connectivity index (χ0v) is 11.7. The summed E-state index contributed by atoms with van der Waals surface area (Å²) in [6.07, 6.45) is 5.35. The van der Waals surface area contributed by atoms with Crippen LogP contribution in [0.5, 0.6) is 5.75 Å². The summed E-state index contributed by atoms with van der Waals surface area (Å²) in [7, 11) is 0. The fourth-order valence-corrected chi connectivity index (χ4v) is 2.45. The van der Waals surface area contributed by atoms with E-state index in [1.165, 1.54) is 0 Å². The first-order valence-electron chi connectivity index (χ1n) is 7.07. The molecule has 0 aromatic heterocycles. The molecule has 0 fully saturated rings. The summed E-state index contributed by atoms with van der Waals surface area (Å²) < 4.78 is 5.67. The SMILES string of the molecule is Nc1ccc(/C=C/C(=O)c2cccc3c2OCCC3)cc1. The molecule has 3 heteroatoms. The highest BCUT2D eigenvalue weighted by Crippen LogP contribution is 2.29. The van der Waals surface area contributed by atoms with E-state index in [4.69, 9.17) is 10.5 Å². The zero-order chi connectivity index (χ0) is 14.7. The van der Waals surface area contributed by atoms with E-state index in [2.05, 4.69) is 0 Å². The van der Waals surface area contributed by atoms with Crippen molar-refractivity contribution in [2.24, 2.45) is 0 Å². The molecule has 0 aliphatic carbocycles. The molecule has 21 heavy (non-hydrogen) atoms. The third-order valence-corrected chi connectivity index (χ3v) is 3.56. The number of fused-ring (bicyclic) bond motifs is 1. The van der Waals surface area contributed by atoms with Gasteiger partial charge in [0.15, 0.2) is 5.78 Å². The fourth-order valence-electron chi connectivity index (χ4n) is 2.45. The van der Waals surface area contributed by atoms with Crippen LogP contribution in [0.4, 0.5) is 5.69 Å². The van der Waals surface area contributed by atoms with Crippen molar-refractivity contribution in [3.05, 3.63) is 65.2 Å². The Morgan fingerprint density at radius 1 is 1.14 bits per heavy atom. The van der Waals surface area contributed by atoms with Crippen LogP contribution in [0, 0.1) is 0 Å². The maximum atomic E-state index is 12.4. The van der Waals surface area contributed by atoms with Crippen LogP contribution in [0.2, 0.25) is 0 Å². The van der Waals surface area contributed by atoms with Crippen LogP contribution in [0.1, 0.15) is 27.9 Å². The van der Waals surface area contributed by atoms with Crippen molar-refractivity contribution < 1.29 is 9.53 Å². The number of hydrogen-bond donors (Lipinski definition) is 1. The molecule has 2 aromatic rings. The average Bonchev–Trinajstić information content (AvgIpc) is 2.53. The molecule has 1 heterocycles. The Morgan fingerprint density at radius 3 is 2.76 bits per heavy atom. The maximum absolute atomic E-state index is 12.4. The molecule has 0 radical (unpaired) electrons. The minimum atomic E-state index is -0.0365. The number of carbonyl (C=O) groups is 1. The quantitative estimate of drug-likeness (QED) is 0.531. The largest absolute Gasteiger partial charge is 0.493 e.